The Morgan fingerprint density at radius 2 is 1.81 bits per heavy atom. The smallest absolute Gasteiger partial charge is 0.243 e. The number of hydrogen-bond donors (Lipinski definition) is 1. The number of carbonyl (C=O) groups excluding carboxylic acids is 1. The van der Waals surface area contributed by atoms with Gasteiger partial charge >= 0.3 is 0 Å². The molecule has 0 saturated carbocycles. The highest BCUT2D eigenvalue weighted by Gasteiger charge is 2.34. The molecule has 4 rings (SSSR count). The highest BCUT2D eigenvalue weighted by atomic mass is 32.2. The van der Waals surface area contributed by atoms with Gasteiger partial charge in [-0.05, 0) is 85.9 Å². The number of nitrogens with one attached hydrogen (secondary N) is 1. The first-order chi connectivity index (χ1) is 15.4. The predicted octanol–water partition coefficient (Wildman–Crippen LogP) is 4.37. The number of rotatable bonds is 6. The number of benzene rings is 2. The number of carbonyl (C=O) groups is 1. The average molecular weight is 459 g/mol. The van der Waals surface area contributed by atoms with Crippen LogP contribution in [0.1, 0.15) is 61.8 Å². The molecule has 2 aromatic rings. The van der Waals surface area contributed by atoms with Crippen molar-refractivity contribution >= 4 is 15.9 Å². The highest BCUT2D eigenvalue weighted by molar-refractivity contribution is 7.89. The van der Waals surface area contributed by atoms with Crippen molar-refractivity contribution in [2.75, 3.05) is 13.1 Å². The van der Waals surface area contributed by atoms with Crippen LogP contribution in [-0.4, -0.2) is 31.7 Å². The molecule has 1 heterocycles. The number of nitrogens with zero attached hydrogens (tertiary/aromatic N) is 1. The van der Waals surface area contributed by atoms with E-state index in [1.54, 1.807) is 0 Å². The molecule has 0 bridgehead atoms. The second-order valence-corrected chi connectivity index (χ2v) is 10.8. The molecule has 0 aromatic heterocycles. The summed E-state index contributed by atoms with van der Waals surface area (Å²) in [5.74, 6) is -0.980. The van der Waals surface area contributed by atoms with Crippen molar-refractivity contribution in [3.63, 3.8) is 0 Å². The lowest BCUT2D eigenvalue weighted by Gasteiger charge is -2.32. The summed E-state index contributed by atoms with van der Waals surface area (Å²) >= 11 is 0. The van der Waals surface area contributed by atoms with Crippen LogP contribution in [0.2, 0.25) is 0 Å². The van der Waals surface area contributed by atoms with Crippen molar-refractivity contribution in [3.05, 3.63) is 65.0 Å². The summed E-state index contributed by atoms with van der Waals surface area (Å²) in [5, 5.41) is 3.17. The first-order valence-electron chi connectivity index (χ1n) is 11.6. The first kappa shape index (κ1) is 22.9. The lowest BCUT2D eigenvalue weighted by molar-refractivity contribution is -0.126. The molecular formula is C25H31FN2O3S. The van der Waals surface area contributed by atoms with Gasteiger partial charge in [0.25, 0.3) is 0 Å². The normalized spacial score (nSPS) is 20.4. The van der Waals surface area contributed by atoms with E-state index in [-0.39, 0.29) is 23.4 Å². The molecule has 1 amide bonds. The third kappa shape index (κ3) is 4.89. The van der Waals surface area contributed by atoms with E-state index in [2.05, 4.69) is 30.4 Å². The fraction of sp³-hybridized carbons (Fsp3) is 0.480. The minimum Gasteiger partial charge on any atom is -0.349 e. The molecule has 172 valence electrons. The van der Waals surface area contributed by atoms with Gasteiger partial charge in [0.2, 0.25) is 15.9 Å². The summed E-state index contributed by atoms with van der Waals surface area (Å²) in [6.45, 7) is 2.56. The van der Waals surface area contributed by atoms with Gasteiger partial charge in [0.1, 0.15) is 5.82 Å². The molecule has 2 unspecified atom stereocenters. The van der Waals surface area contributed by atoms with Crippen molar-refractivity contribution < 1.29 is 17.6 Å². The molecule has 1 aliphatic carbocycles. The van der Waals surface area contributed by atoms with Crippen LogP contribution in [0, 0.1) is 11.7 Å². The predicted molar refractivity (Wildman–Crippen MR) is 122 cm³/mol. The monoisotopic (exact) mass is 458 g/mol. The lowest BCUT2D eigenvalue weighted by atomic mass is 9.88. The number of amides is 1. The number of aryl methyl sites for hydroxylation is 2. The average Bonchev–Trinajstić information content (AvgIpc) is 2.82. The number of sulfonamides is 1. The topological polar surface area (TPSA) is 66.5 Å². The number of piperidine rings is 1. The van der Waals surface area contributed by atoms with Crippen LogP contribution in [-0.2, 0) is 27.7 Å². The maximum atomic E-state index is 13.2. The zero-order valence-electron chi connectivity index (χ0n) is 18.5. The molecule has 1 saturated heterocycles. The van der Waals surface area contributed by atoms with Gasteiger partial charge in [0, 0.05) is 13.1 Å². The first-order valence-corrected chi connectivity index (χ1v) is 13.0. The summed E-state index contributed by atoms with van der Waals surface area (Å²) < 4.78 is 40.5. The molecule has 2 atom stereocenters. The Balaban J connectivity index is 1.45. The van der Waals surface area contributed by atoms with E-state index in [1.807, 2.05) is 0 Å². The van der Waals surface area contributed by atoms with E-state index in [4.69, 9.17) is 0 Å². The van der Waals surface area contributed by atoms with E-state index in [0.717, 1.165) is 37.0 Å². The summed E-state index contributed by atoms with van der Waals surface area (Å²) in [5.41, 5.74) is 3.92. The van der Waals surface area contributed by atoms with Gasteiger partial charge in [-0.2, -0.15) is 4.31 Å². The zero-order valence-corrected chi connectivity index (χ0v) is 19.3. The van der Waals surface area contributed by atoms with E-state index >= 15 is 0 Å². The largest absolute Gasteiger partial charge is 0.349 e. The molecule has 1 fully saturated rings. The number of halogens is 1. The Bertz CT molecular complexity index is 1070. The molecular weight excluding hydrogens is 427 g/mol. The van der Waals surface area contributed by atoms with Gasteiger partial charge in [0.15, 0.2) is 0 Å². The minimum absolute atomic E-state index is 0.0560. The molecule has 2 aromatic carbocycles. The molecule has 0 spiro atoms. The van der Waals surface area contributed by atoms with Gasteiger partial charge in [-0.25, -0.2) is 12.8 Å². The van der Waals surface area contributed by atoms with Crippen LogP contribution in [0.4, 0.5) is 4.39 Å². The molecule has 0 radical (unpaired) electrons. The van der Waals surface area contributed by atoms with E-state index in [0.29, 0.717) is 19.4 Å². The number of fused-ring (bicyclic) bond motifs is 1. The maximum Gasteiger partial charge on any atom is 0.243 e. The number of hydrogen-bond acceptors (Lipinski definition) is 3. The van der Waals surface area contributed by atoms with Crippen LogP contribution in [0.25, 0.3) is 0 Å². The Morgan fingerprint density at radius 1 is 1.09 bits per heavy atom. The fourth-order valence-electron chi connectivity index (χ4n) is 4.81. The van der Waals surface area contributed by atoms with Crippen molar-refractivity contribution in [1.29, 1.82) is 0 Å². The second-order valence-electron chi connectivity index (χ2n) is 8.86. The van der Waals surface area contributed by atoms with Gasteiger partial charge in [-0.3, -0.25) is 4.79 Å². The standard InChI is InChI=1S/C25H31FN2O3S/c1-2-24(20-10-9-18-6-3-4-7-19(18)16-20)27-25(29)21-8-5-15-28(17-21)32(30,31)23-13-11-22(26)12-14-23/h9-14,16,21,24H,2-8,15,17H2,1H3,(H,27,29). The van der Waals surface area contributed by atoms with Crippen LogP contribution in [0.15, 0.2) is 47.4 Å². The van der Waals surface area contributed by atoms with Crippen molar-refractivity contribution in [1.82, 2.24) is 9.62 Å². The van der Waals surface area contributed by atoms with E-state index in [9.17, 15) is 17.6 Å². The summed E-state index contributed by atoms with van der Waals surface area (Å²) in [4.78, 5) is 13.2. The maximum absolute atomic E-state index is 13.2. The van der Waals surface area contributed by atoms with Crippen LogP contribution in [0.5, 0.6) is 0 Å². The lowest BCUT2D eigenvalue weighted by Crippen LogP contribution is -2.46. The second kappa shape index (κ2) is 9.71. The molecule has 1 aliphatic heterocycles. The van der Waals surface area contributed by atoms with Crippen LogP contribution >= 0.6 is 0 Å². The molecule has 5 nitrogen and oxygen atoms in total. The zero-order chi connectivity index (χ0) is 22.7. The van der Waals surface area contributed by atoms with Crippen molar-refractivity contribution in [2.24, 2.45) is 5.92 Å². The Hall–Kier alpha value is -2.25. The van der Waals surface area contributed by atoms with E-state index < -0.39 is 21.8 Å². The molecule has 32 heavy (non-hydrogen) atoms. The SMILES string of the molecule is CCC(NC(=O)C1CCCN(S(=O)(=O)c2ccc(F)cc2)C1)c1ccc2c(c1)CCCC2. The van der Waals surface area contributed by atoms with Gasteiger partial charge in [-0.15, -0.1) is 0 Å². The van der Waals surface area contributed by atoms with Crippen molar-refractivity contribution in [3.8, 4) is 0 Å². The summed E-state index contributed by atoms with van der Waals surface area (Å²) in [6, 6.07) is 11.3. The molecule has 2 aliphatic rings. The Morgan fingerprint density at radius 3 is 2.53 bits per heavy atom. The highest BCUT2D eigenvalue weighted by Crippen LogP contribution is 2.28. The van der Waals surface area contributed by atoms with Gasteiger partial charge < -0.3 is 5.32 Å². The quantitative estimate of drug-likeness (QED) is 0.699. The molecule has 7 heteroatoms. The summed E-state index contributed by atoms with van der Waals surface area (Å²) in [7, 11) is -3.76. The Labute approximate surface area is 190 Å². The van der Waals surface area contributed by atoms with E-state index in [1.165, 1.54) is 40.4 Å². The van der Waals surface area contributed by atoms with Gasteiger partial charge in [0.05, 0.1) is 16.9 Å². The Kier molecular flexibility index (Phi) is 6.96. The van der Waals surface area contributed by atoms with Gasteiger partial charge in [-0.1, -0.05) is 25.1 Å². The fourth-order valence-corrected chi connectivity index (χ4v) is 6.33. The van der Waals surface area contributed by atoms with Crippen LogP contribution in [0.3, 0.4) is 0 Å². The summed E-state index contributed by atoms with van der Waals surface area (Å²) in [6.07, 6.45) is 6.70. The third-order valence-electron chi connectivity index (χ3n) is 6.71. The van der Waals surface area contributed by atoms with Crippen LogP contribution < -0.4 is 5.32 Å². The third-order valence-corrected chi connectivity index (χ3v) is 8.59. The minimum atomic E-state index is -3.76. The molecule has 1 N–H and O–H groups in total. The van der Waals surface area contributed by atoms with Crippen molar-refractivity contribution in [2.45, 2.75) is 62.8 Å².